The van der Waals surface area contributed by atoms with Crippen LogP contribution in [-0.2, 0) is 12.4 Å². The summed E-state index contributed by atoms with van der Waals surface area (Å²) in [5.74, 6) is 1.10. The summed E-state index contributed by atoms with van der Waals surface area (Å²) in [6.07, 6.45) is 3.58. The molecule has 4 rings (SSSR count). The zero-order chi connectivity index (χ0) is 19.2. The number of thioether (sulfide) groups is 1. The molecule has 2 aromatic heterocycles. The molecule has 0 N–H and O–H groups in total. The summed E-state index contributed by atoms with van der Waals surface area (Å²) in [6, 6.07) is 20.1. The Morgan fingerprint density at radius 2 is 1.75 bits per heavy atom. The van der Waals surface area contributed by atoms with Gasteiger partial charge in [-0.05, 0) is 35.9 Å². The molecule has 2 aromatic carbocycles. The van der Waals surface area contributed by atoms with Gasteiger partial charge in [0.15, 0.2) is 22.5 Å². The second-order valence-corrected chi connectivity index (χ2v) is 6.88. The van der Waals surface area contributed by atoms with E-state index in [9.17, 15) is 4.39 Å². The lowest BCUT2D eigenvalue weighted by molar-refractivity contribution is 0.278. The molecular weight excluding hydrogens is 375 g/mol. The first-order valence-electron chi connectivity index (χ1n) is 8.70. The van der Waals surface area contributed by atoms with Gasteiger partial charge in [0.2, 0.25) is 0 Å². The number of pyridine rings is 1. The molecule has 7 heteroatoms. The fraction of sp³-hybridized carbons (Fsp3) is 0.0952. The number of nitrogens with zero attached hydrogens (tertiary/aromatic N) is 4. The average molecular weight is 392 g/mol. The zero-order valence-corrected chi connectivity index (χ0v) is 15.7. The SMILES string of the molecule is Fc1ccccc1OCc1nnc(SCc2cccnc2)n1-c1ccccc1. The molecule has 4 aromatic rings. The molecule has 0 spiro atoms. The third kappa shape index (κ3) is 4.20. The minimum Gasteiger partial charge on any atom is -0.483 e. The number of benzene rings is 2. The van der Waals surface area contributed by atoms with Crippen molar-refractivity contribution < 1.29 is 9.13 Å². The summed E-state index contributed by atoms with van der Waals surface area (Å²) in [6.45, 7) is 0.107. The molecule has 5 nitrogen and oxygen atoms in total. The van der Waals surface area contributed by atoms with Gasteiger partial charge in [-0.2, -0.15) is 0 Å². The molecule has 0 saturated carbocycles. The Morgan fingerprint density at radius 1 is 0.929 bits per heavy atom. The third-order valence-corrected chi connectivity index (χ3v) is 5.00. The normalized spacial score (nSPS) is 10.8. The first-order valence-corrected chi connectivity index (χ1v) is 9.68. The van der Waals surface area contributed by atoms with Gasteiger partial charge in [-0.15, -0.1) is 10.2 Å². The number of aromatic nitrogens is 4. The van der Waals surface area contributed by atoms with Crippen LogP contribution in [0.5, 0.6) is 5.75 Å². The van der Waals surface area contributed by atoms with Crippen LogP contribution >= 0.6 is 11.8 Å². The van der Waals surface area contributed by atoms with E-state index in [0.29, 0.717) is 11.6 Å². The van der Waals surface area contributed by atoms with Gasteiger partial charge in [0, 0.05) is 23.8 Å². The molecule has 0 radical (unpaired) electrons. The Morgan fingerprint density at radius 3 is 2.54 bits per heavy atom. The van der Waals surface area contributed by atoms with Crippen LogP contribution in [0.1, 0.15) is 11.4 Å². The van der Waals surface area contributed by atoms with Crippen molar-refractivity contribution in [2.24, 2.45) is 0 Å². The number of ether oxygens (including phenoxy) is 1. The van der Waals surface area contributed by atoms with E-state index < -0.39 is 5.82 Å². The molecule has 140 valence electrons. The maximum atomic E-state index is 13.9. The highest BCUT2D eigenvalue weighted by Crippen LogP contribution is 2.26. The molecule has 0 fully saturated rings. The van der Waals surface area contributed by atoms with Crippen LogP contribution in [0.2, 0.25) is 0 Å². The molecule has 0 atom stereocenters. The molecule has 0 unspecified atom stereocenters. The van der Waals surface area contributed by atoms with Crippen molar-refractivity contribution >= 4 is 11.8 Å². The van der Waals surface area contributed by atoms with Gasteiger partial charge < -0.3 is 4.74 Å². The van der Waals surface area contributed by atoms with Gasteiger partial charge in [-0.25, -0.2) is 4.39 Å². The topological polar surface area (TPSA) is 52.8 Å². The Hall–Kier alpha value is -3.19. The highest BCUT2D eigenvalue weighted by molar-refractivity contribution is 7.98. The van der Waals surface area contributed by atoms with Crippen molar-refractivity contribution in [3.63, 3.8) is 0 Å². The molecule has 0 bridgehead atoms. The van der Waals surface area contributed by atoms with Gasteiger partial charge in [0.05, 0.1) is 0 Å². The van der Waals surface area contributed by atoms with Crippen molar-refractivity contribution in [2.45, 2.75) is 17.5 Å². The van der Waals surface area contributed by atoms with Crippen molar-refractivity contribution in [3.8, 4) is 11.4 Å². The lowest BCUT2D eigenvalue weighted by Gasteiger charge is -2.11. The lowest BCUT2D eigenvalue weighted by atomic mass is 10.3. The van der Waals surface area contributed by atoms with Crippen LogP contribution in [0.4, 0.5) is 4.39 Å². The Bertz CT molecular complexity index is 1040. The molecule has 0 saturated heterocycles. The number of rotatable bonds is 7. The van der Waals surface area contributed by atoms with Gasteiger partial charge in [-0.1, -0.05) is 48.2 Å². The summed E-state index contributed by atoms with van der Waals surface area (Å²) < 4.78 is 21.4. The largest absolute Gasteiger partial charge is 0.483 e. The lowest BCUT2D eigenvalue weighted by Crippen LogP contribution is -2.07. The fourth-order valence-corrected chi connectivity index (χ4v) is 3.56. The zero-order valence-electron chi connectivity index (χ0n) is 14.9. The molecule has 0 aliphatic carbocycles. The quantitative estimate of drug-likeness (QED) is 0.428. The van der Waals surface area contributed by atoms with E-state index >= 15 is 0 Å². The molecule has 0 aliphatic rings. The molecule has 0 amide bonds. The standard InChI is InChI=1S/C21H17FN4OS/c22-18-10-4-5-11-19(18)27-14-20-24-25-21(26(20)17-8-2-1-3-9-17)28-15-16-7-6-12-23-13-16/h1-13H,14-15H2. The van der Waals surface area contributed by atoms with E-state index in [1.165, 1.54) is 6.07 Å². The summed E-state index contributed by atoms with van der Waals surface area (Å²) in [5, 5.41) is 9.34. The van der Waals surface area contributed by atoms with E-state index in [0.717, 1.165) is 16.4 Å². The number of hydrogen-bond acceptors (Lipinski definition) is 5. The fourth-order valence-electron chi connectivity index (χ4n) is 2.66. The van der Waals surface area contributed by atoms with E-state index in [4.69, 9.17) is 4.74 Å². The first kappa shape index (κ1) is 18.2. The first-order chi connectivity index (χ1) is 13.8. The average Bonchev–Trinajstić information content (AvgIpc) is 3.16. The van der Waals surface area contributed by atoms with E-state index in [2.05, 4.69) is 15.2 Å². The number of hydrogen-bond donors (Lipinski definition) is 0. The van der Waals surface area contributed by atoms with Gasteiger partial charge in [0.25, 0.3) is 0 Å². The smallest absolute Gasteiger partial charge is 0.196 e. The van der Waals surface area contributed by atoms with Crippen LogP contribution in [0.15, 0.2) is 84.3 Å². The van der Waals surface area contributed by atoms with E-state index in [1.807, 2.05) is 53.2 Å². The van der Waals surface area contributed by atoms with E-state index in [1.54, 1.807) is 36.2 Å². The molecule has 0 aliphatic heterocycles. The van der Waals surface area contributed by atoms with Crippen molar-refractivity contribution in [1.82, 2.24) is 19.7 Å². The maximum Gasteiger partial charge on any atom is 0.196 e. The highest BCUT2D eigenvalue weighted by Gasteiger charge is 2.16. The van der Waals surface area contributed by atoms with Crippen molar-refractivity contribution in [3.05, 3.63) is 96.3 Å². The van der Waals surface area contributed by atoms with E-state index in [-0.39, 0.29) is 12.4 Å². The third-order valence-electron chi connectivity index (χ3n) is 4.00. The minimum absolute atomic E-state index is 0.107. The molecule has 2 heterocycles. The summed E-state index contributed by atoms with van der Waals surface area (Å²) in [5.41, 5.74) is 2.02. The minimum atomic E-state index is -0.403. The number of halogens is 1. The monoisotopic (exact) mass is 392 g/mol. The molecule has 28 heavy (non-hydrogen) atoms. The van der Waals surface area contributed by atoms with Gasteiger partial charge in [-0.3, -0.25) is 9.55 Å². The summed E-state index contributed by atoms with van der Waals surface area (Å²) in [7, 11) is 0. The van der Waals surface area contributed by atoms with Crippen molar-refractivity contribution in [1.29, 1.82) is 0 Å². The Kier molecular flexibility index (Phi) is 5.63. The Balaban J connectivity index is 1.59. The second-order valence-electron chi connectivity index (χ2n) is 5.94. The number of para-hydroxylation sites is 2. The van der Waals surface area contributed by atoms with Crippen LogP contribution < -0.4 is 4.74 Å². The molecular formula is C21H17FN4OS. The summed E-state index contributed by atoms with van der Waals surface area (Å²) in [4.78, 5) is 4.14. The van der Waals surface area contributed by atoms with Gasteiger partial charge in [0.1, 0.15) is 6.61 Å². The van der Waals surface area contributed by atoms with Crippen LogP contribution in [0, 0.1) is 5.82 Å². The Labute approximate surface area is 166 Å². The summed E-state index contributed by atoms with van der Waals surface area (Å²) >= 11 is 1.56. The highest BCUT2D eigenvalue weighted by atomic mass is 32.2. The maximum absolute atomic E-state index is 13.9. The predicted molar refractivity (Wildman–Crippen MR) is 106 cm³/mol. The van der Waals surface area contributed by atoms with Crippen LogP contribution in [0.25, 0.3) is 5.69 Å². The van der Waals surface area contributed by atoms with Crippen LogP contribution in [0.3, 0.4) is 0 Å². The van der Waals surface area contributed by atoms with Crippen LogP contribution in [-0.4, -0.2) is 19.7 Å². The predicted octanol–water partition coefficient (Wildman–Crippen LogP) is 4.67. The second kappa shape index (κ2) is 8.67. The van der Waals surface area contributed by atoms with Crippen molar-refractivity contribution in [2.75, 3.05) is 0 Å². The van der Waals surface area contributed by atoms with Gasteiger partial charge >= 0.3 is 0 Å².